The number of benzene rings is 1. The third-order valence-corrected chi connectivity index (χ3v) is 5.56. The molecule has 1 amide bonds. The van der Waals surface area contributed by atoms with Crippen LogP contribution in [0.2, 0.25) is 0 Å². The van der Waals surface area contributed by atoms with Crippen molar-refractivity contribution in [2.75, 3.05) is 19.6 Å². The van der Waals surface area contributed by atoms with Gasteiger partial charge in [0.1, 0.15) is 0 Å². The monoisotopic (exact) mass is 314 g/mol. The number of aryl methyl sites for hydroxylation is 1. The van der Waals surface area contributed by atoms with Gasteiger partial charge in [0.05, 0.1) is 0 Å². The molecular weight excluding hydrogens is 284 g/mol. The van der Waals surface area contributed by atoms with Crippen LogP contribution in [0.5, 0.6) is 0 Å². The van der Waals surface area contributed by atoms with Crippen LogP contribution < -0.4 is 0 Å². The average molecular weight is 314 g/mol. The summed E-state index contributed by atoms with van der Waals surface area (Å²) in [4.78, 5) is 17.4. The number of fused-ring (bicyclic) bond motifs is 1. The van der Waals surface area contributed by atoms with Gasteiger partial charge >= 0.3 is 0 Å². The second-order valence-electron chi connectivity index (χ2n) is 7.44. The van der Waals surface area contributed by atoms with E-state index in [1.165, 1.54) is 31.4 Å². The summed E-state index contributed by atoms with van der Waals surface area (Å²) in [7, 11) is 0. The molecule has 2 heterocycles. The lowest BCUT2D eigenvalue weighted by molar-refractivity contribution is -0.130. The molecule has 2 saturated heterocycles. The molecule has 3 nitrogen and oxygen atoms in total. The first-order chi connectivity index (χ1) is 11.1. The standard InChI is InChI=1S/C20H30N2O/c1-16(2)22-13-7-6-10-18-14-21(15-19(18)22)20(23)12-11-17-8-4-3-5-9-17/h3-5,8-9,16,18-19H,6-7,10-15H2,1-2H3/t18-,19+/m0/s1. The Labute approximate surface area is 140 Å². The minimum Gasteiger partial charge on any atom is -0.341 e. The first-order valence-corrected chi connectivity index (χ1v) is 9.22. The van der Waals surface area contributed by atoms with E-state index in [1.807, 2.05) is 18.2 Å². The topological polar surface area (TPSA) is 23.6 Å². The fourth-order valence-corrected chi connectivity index (χ4v) is 4.28. The summed E-state index contributed by atoms with van der Waals surface area (Å²) in [5, 5.41) is 0. The highest BCUT2D eigenvalue weighted by molar-refractivity contribution is 5.76. The van der Waals surface area contributed by atoms with Crippen LogP contribution in [0.3, 0.4) is 0 Å². The Balaban J connectivity index is 1.58. The van der Waals surface area contributed by atoms with E-state index in [2.05, 4.69) is 35.8 Å². The second kappa shape index (κ2) is 7.48. The highest BCUT2D eigenvalue weighted by Gasteiger charge is 2.39. The normalized spacial score (nSPS) is 25.4. The zero-order chi connectivity index (χ0) is 16.2. The molecule has 1 aromatic rings. The highest BCUT2D eigenvalue weighted by atomic mass is 16.2. The molecule has 1 aromatic carbocycles. The zero-order valence-electron chi connectivity index (χ0n) is 14.6. The summed E-state index contributed by atoms with van der Waals surface area (Å²) >= 11 is 0. The van der Waals surface area contributed by atoms with Crippen LogP contribution in [0.15, 0.2) is 30.3 Å². The summed E-state index contributed by atoms with van der Waals surface area (Å²) < 4.78 is 0. The molecule has 0 aliphatic carbocycles. The lowest BCUT2D eigenvalue weighted by Gasteiger charge is -2.33. The third-order valence-electron chi connectivity index (χ3n) is 5.56. The second-order valence-corrected chi connectivity index (χ2v) is 7.44. The Bertz CT molecular complexity index is 514. The van der Waals surface area contributed by atoms with Crippen LogP contribution >= 0.6 is 0 Å². The molecule has 0 radical (unpaired) electrons. The van der Waals surface area contributed by atoms with Gasteiger partial charge in [-0.05, 0) is 51.1 Å². The number of hydrogen-bond acceptors (Lipinski definition) is 2. The van der Waals surface area contributed by atoms with Gasteiger partial charge < -0.3 is 4.90 Å². The molecule has 2 atom stereocenters. The molecule has 0 spiro atoms. The predicted octanol–water partition coefficient (Wildman–Crippen LogP) is 3.34. The van der Waals surface area contributed by atoms with Crippen molar-refractivity contribution in [3.05, 3.63) is 35.9 Å². The van der Waals surface area contributed by atoms with E-state index in [0.29, 0.717) is 30.3 Å². The smallest absolute Gasteiger partial charge is 0.222 e. The Morgan fingerprint density at radius 3 is 2.70 bits per heavy atom. The number of hydrogen-bond donors (Lipinski definition) is 0. The van der Waals surface area contributed by atoms with Gasteiger partial charge in [-0.2, -0.15) is 0 Å². The Kier molecular flexibility index (Phi) is 5.37. The van der Waals surface area contributed by atoms with Crippen molar-refractivity contribution in [1.29, 1.82) is 0 Å². The van der Waals surface area contributed by atoms with Crippen LogP contribution in [0.25, 0.3) is 0 Å². The van der Waals surface area contributed by atoms with Crippen LogP contribution in [0, 0.1) is 5.92 Å². The van der Waals surface area contributed by atoms with E-state index in [9.17, 15) is 4.79 Å². The molecule has 2 aliphatic heterocycles. The van der Waals surface area contributed by atoms with Gasteiger partial charge in [-0.3, -0.25) is 9.69 Å². The lowest BCUT2D eigenvalue weighted by Crippen LogP contribution is -2.44. The lowest BCUT2D eigenvalue weighted by atomic mass is 9.98. The van der Waals surface area contributed by atoms with Crippen LogP contribution in [-0.2, 0) is 11.2 Å². The summed E-state index contributed by atoms with van der Waals surface area (Å²) in [6, 6.07) is 11.5. The molecule has 2 fully saturated rings. The molecule has 0 N–H and O–H groups in total. The highest BCUT2D eigenvalue weighted by Crippen LogP contribution is 2.31. The first kappa shape index (κ1) is 16.5. The average Bonchev–Trinajstić information content (AvgIpc) is 2.87. The van der Waals surface area contributed by atoms with Crippen molar-refractivity contribution in [2.24, 2.45) is 5.92 Å². The molecule has 126 valence electrons. The molecule has 0 saturated carbocycles. The number of rotatable bonds is 4. The Morgan fingerprint density at radius 2 is 1.96 bits per heavy atom. The van der Waals surface area contributed by atoms with E-state index in [-0.39, 0.29) is 0 Å². The Hall–Kier alpha value is -1.35. The van der Waals surface area contributed by atoms with Gasteiger partial charge in [0, 0.05) is 31.6 Å². The van der Waals surface area contributed by atoms with Crippen LogP contribution in [0.4, 0.5) is 0 Å². The third kappa shape index (κ3) is 3.95. The molecule has 0 aromatic heterocycles. The van der Waals surface area contributed by atoms with E-state index in [4.69, 9.17) is 0 Å². The largest absolute Gasteiger partial charge is 0.341 e. The predicted molar refractivity (Wildman–Crippen MR) is 94.3 cm³/mol. The quantitative estimate of drug-likeness (QED) is 0.851. The summed E-state index contributed by atoms with van der Waals surface area (Å²) in [6.07, 6.45) is 5.42. The van der Waals surface area contributed by atoms with Crippen molar-refractivity contribution in [1.82, 2.24) is 9.80 Å². The van der Waals surface area contributed by atoms with E-state index >= 15 is 0 Å². The minimum atomic E-state index is 0.339. The summed E-state index contributed by atoms with van der Waals surface area (Å²) in [5.41, 5.74) is 1.26. The molecule has 0 unspecified atom stereocenters. The minimum absolute atomic E-state index is 0.339. The van der Waals surface area contributed by atoms with Gasteiger partial charge in [0.2, 0.25) is 5.91 Å². The number of nitrogens with zero attached hydrogens (tertiary/aromatic N) is 2. The fourth-order valence-electron chi connectivity index (χ4n) is 4.28. The maximum Gasteiger partial charge on any atom is 0.222 e. The van der Waals surface area contributed by atoms with Crippen molar-refractivity contribution >= 4 is 5.91 Å². The van der Waals surface area contributed by atoms with Gasteiger partial charge in [-0.15, -0.1) is 0 Å². The summed E-state index contributed by atoms with van der Waals surface area (Å²) in [6.45, 7) is 7.70. The van der Waals surface area contributed by atoms with E-state index in [1.54, 1.807) is 0 Å². The van der Waals surface area contributed by atoms with E-state index in [0.717, 1.165) is 19.5 Å². The van der Waals surface area contributed by atoms with Crippen LogP contribution in [-0.4, -0.2) is 47.4 Å². The fraction of sp³-hybridized carbons (Fsp3) is 0.650. The van der Waals surface area contributed by atoms with Gasteiger partial charge in [0.25, 0.3) is 0 Å². The van der Waals surface area contributed by atoms with Crippen LogP contribution in [0.1, 0.15) is 45.1 Å². The maximum atomic E-state index is 12.6. The number of carbonyl (C=O) groups is 1. The number of amides is 1. The molecule has 3 rings (SSSR count). The van der Waals surface area contributed by atoms with Crippen molar-refractivity contribution in [3.63, 3.8) is 0 Å². The Morgan fingerprint density at radius 1 is 1.17 bits per heavy atom. The summed E-state index contributed by atoms with van der Waals surface area (Å²) in [5.74, 6) is 1.02. The molecule has 0 bridgehead atoms. The molecule has 23 heavy (non-hydrogen) atoms. The number of likely N-dealkylation sites (tertiary alicyclic amines) is 2. The van der Waals surface area contributed by atoms with Gasteiger partial charge in [-0.1, -0.05) is 36.8 Å². The molecular formula is C20H30N2O. The van der Waals surface area contributed by atoms with Gasteiger partial charge in [0.15, 0.2) is 0 Å². The van der Waals surface area contributed by atoms with Crippen molar-refractivity contribution in [2.45, 2.75) is 58.0 Å². The van der Waals surface area contributed by atoms with Crippen molar-refractivity contribution < 1.29 is 4.79 Å². The zero-order valence-corrected chi connectivity index (χ0v) is 14.6. The number of carbonyl (C=O) groups excluding carboxylic acids is 1. The van der Waals surface area contributed by atoms with Crippen molar-refractivity contribution in [3.8, 4) is 0 Å². The van der Waals surface area contributed by atoms with Gasteiger partial charge in [-0.25, -0.2) is 0 Å². The SMILES string of the molecule is CC(C)N1CCCC[C@H]2CN(C(=O)CCc3ccccc3)C[C@H]21. The molecule has 2 aliphatic rings. The maximum absolute atomic E-state index is 12.6. The van der Waals surface area contributed by atoms with E-state index < -0.39 is 0 Å². The molecule has 3 heteroatoms. The first-order valence-electron chi connectivity index (χ1n) is 9.22.